The van der Waals surface area contributed by atoms with Crippen LogP contribution in [0.4, 0.5) is 0 Å². The molecule has 0 radical (unpaired) electrons. The van der Waals surface area contributed by atoms with Crippen LogP contribution in [0.25, 0.3) is 0 Å². The van der Waals surface area contributed by atoms with Gasteiger partial charge in [0.25, 0.3) is 0 Å². The molecule has 0 spiro atoms. The molecule has 1 fully saturated rings. The van der Waals surface area contributed by atoms with Crippen molar-refractivity contribution in [2.75, 3.05) is 39.4 Å². The van der Waals surface area contributed by atoms with Gasteiger partial charge >= 0.3 is 0 Å². The van der Waals surface area contributed by atoms with Crippen LogP contribution >= 0.6 is 0 Å². The largest absolute Gasteiger partial charge is 0.478 e. The van der Waals surface area contributed by atoms with E-state index < -0.39 is 0 Å². The number of pyridine rings is 1. The third-order valence-corrected chi connectivity index (χ3v) is 3.78. The SMILES string of the molecule is NCCCO.O=CNCCCOc1cccc(CN2CCCCC2)n1. The van der Waals surface area contributed by atoms with E-state index in [0.717, 1.165) is 25.1 Å². The Morgan fingerprint density at radius 1 is 1.28 bits per heavy atom. The number of likely N-dealkylation sites (tertiary alicyclic amines) is 1. The second-order valence-electron chi connectivity index (χ2n) is 5.94. The highest BCUT2D eigenvalue weighted by atomic mass is 16.5. The molecular formula is C18H32N4O3. The molecule has 1 aliphatic rings. The van der Waals surface area contributed by atoms with Crippen LogP contribution in [0.15, 0.2) is 18.2 Å². The molecule has 0 aromatic carbocycles. The van der Waals surface area contributed by atoms with E-state index in [0.29, 0.717) is 32.0 Å². The minimum atomic E-state index is 0.219. The lowest BCUT2D eigenvalue weighted by molar-refractivity contribution is -0.109. The van der Waals surface area contributed by atoms with Crippen molar-refractivity contribution >= 4 is 6.41 Å². The molecule has 1 saturated heterocycles. The van der Waals surface area contributed by atoms with Gasteiger partial charge in [-0.05, 0) is 51.4 Å². The molecule has 25 heavy (non-hydrogen) atoms. The lowest BCUT2D eigenvalue weighted by Crippen LogP contribution is -2.29. The summed E-state index contributed by atoms with van der Waals surface area (Å²) in [5, 5.41) is 10.6. The number of aliphatic hydroxyl groups excluding tert-OH is 1. The molecule has 0 bridgehead atoms. The summed E-state index contributed by atoms with van der Waals surface area (Å²) in [6.45, 7) is 5.27. The van der Waals surface area contributed by atoms with Crippen LogP contribution in [-0.4, -0.2) is 60.8 Å². The third-order valence-electron chi connectivity index (χ3n) is 3.78. The van der Waals surface area contributed by atoms with E-state index in [4.69, 9.17) is 15.6 Å². The number of rotatable bonds is 10. The van der Waals surface area contributed by atoms with E-state index >= 15 is 0 Å². The summed E-state index contributed by atoms with van der Waals surface area (Å²) in [5.74, 6) is 0.672. The fourth-order valence-corrected chi connectivity index (χ4v) is 2.47. The molecule has 0 unspecified atom stereocenters. The number of carbonyl (C=O) groups excluding carboxylic acids is 1. The second-order valence-corrected chi connectivity index (χ2v) is 5.94. The van der Waals surface area contributed by atoms with Crippen LogP contribution in [0.2, 0.25) is 0 Å². The van der Waals surface area contributed by atoms with Gasteiger partial charge in [0.05, 0.1) is 12.3 Å². The molecule has 2 heterocycles. The minimum absolute atomic E-state index is 0.219. The normalized spacial score (nSPS) is 14.3. The number of aromatic nitrogens is 1. The molecule has 7 heteroatoms. The van der Waals surface area contributed by atoms with Crippen molar-refractivity contribution in [1.82, 2.24) is 15.2 Å². The molecule has 7 nitrogen and oxygen atoms in total. The van der Waals surface area contributed by atoms with Crippen molar-refractivity contribution in [2.24, 2.45) is 5.73 Å². The average molecular weight is 352 g/mol. The number of hydrogen-bond acceptors (Lipinski definition) is 6. The summed E-state index contributed by atoms with van der Waals surface area (Å²) < 4.78 is 5.60. The molecule has 0 aliphatic carbocycles. The molecular weight excluding hydrogens is 320 g/mol. The summed E-state index contributed by atoms with van der Waals surface area (Å²) in [6, 6.07) is 5.92. The summed E-state index contributed by atoms with van der Waals surface area (Å²) >= 11 is 0. The number of carbonyl (C=O) groups is 1. The molecule has 1 aromatic heterocycles. The van der Waals surface area contributed by atoms with E-state index in [1.165, 1.54) is 32.4 Å². The highest BCUT2D eigenvalue weighted by Crippen LogP contribution is 2.14. The maximum Gasteiger partial charge on any atom is 0.213 e. The number of nitrogens with two attached hydrogens (primary N) is 1. The number of ether oxygens (including phenoxy) is 1. The van der Waals surface area contributed by atoms with Crippen molar-refractivity contribution in [3.05, 3.63) is 23.9 Å². The lowest BCUT2D eigenvalue weighted by Gasteiger charge is -2.25. The third kappa shape index (κ3) is 10.7. The maximum absolute atomic E-state index is 10.1. The summed E-state index contributed by atoms with van der Waals surface area (Å²) in [7, 11) is 0. The average Bonchev–Trinajstić information content (AvgIpc) is 2.64. The highest BCUT2D eigenvalue weighted by molar-refractivity contribution is 5.45. The van der Waals surface area contributed by atoms with Gasteiger partial charge in [0.2, 0.25) is 12.3 Å². The van der Waals surface area contributed by atoms with Gasteiger partial charge in [0.1, 0.15) is 0 Å². The first-order valence-electron chi connectivity index (χ1n) is 9.09. The van der Waals surface area contributed by atoms with Gasteiger partial charge in [-0.15, -0.1) is 0 Å². The fourth-order valence-electron chi connectivity index (χ4n) is 2.47. The van der Waals surface area contributed by atoms with Gasteiger partial charge in [0.15, 0.2) is 0 Å². The van der Waals surface area contributed by atoms with Gasteiger partial charge in [-0.25, -0.2) is 4.98 Å². The molecule has 142 valence electrons. The summed E-state index contributed by atoms with van der Waals surface area (Å²) in [5.41, 5.74) is 6.04. The van der Waals surface area contributed by atoms with Gasteiger partial charge in [-0.2, -0.15) is 0 Å². The Morgan fingerprint density at radius 2 is 2.08 bits per heavy atom. The molecule has 4 N–H and O–H groups in total. The highest BCUT2D eigenvalue weighted by Gasteiger charge is 2.11. The van der Waals surface area contributed by atoms with Crippen LogP contribution < -0.4 is 15.8 Å². The Labute approximate surface area is 150 Å². The Balaban J connectivity index is 0.000000550. The summed E-state index contributed by atoms with van der Waals surface area (Å²) in [4.78, 5) is 17.1. The van der Waals surface area contributed by atoms with Crippen LogP contribution in [0.1, 0.15) is 37.8 Å². The van der Waals surface area contributed by atoms with Crippen molar-refractivity contribution in [3.63, 3.8) is 0 Å². The number of nitrogens with zero attached hydrogens (tertiary/aromatic N) is 2. The Kier molecular flexibility index (Phi) is 12.5. The first kappa shape index (κ1) is 21.3. The first-order chi connectivity index (χ1) is 12.3. The van der Waals surface area contributed by atoms with Crippen molar-refractivity contribution < 1.29 is 14.6 Å². The number of hydrogen-bond donors (Lipinski definition) is 3. The number of piperidine rings is 1. The van der Waals surface area contributed by atoms with Crippen molar-refractivity contribution in [2.45, 2.75) is 38.6 Å². The van der Waals surface area contributed by atoms with E-state index in [2.05, 4.69) is 21.3 Å². The van der Waals surface area contributed by atoms with Gasteiger partial charge in [0, 0.05) is 25.8 Å². The quantitative estimate of drug-likeness (QED) is 0.427. The molecule has 1 aliphatic heterocycles. The molecule has 2 rings (SSSR count). The smallest absolute Gasteiger partial charge is 0.213 e. The number of aliphatic hydroxyl groups is 1. The topological polar surface area (TPSA) is 101 Å². The predicted molar refractivity (Wildman–Crippen MR) is 98.3 cm³/mol. The zero-order valence-electron chi connectivity index (χ0n) is 15.0. The van der Waals surface area contributed by atoms with Gasteiger partial charge < -0.3 is 20.9 Å². The van der Waals surface area contributed by atoms with Crippen molar-refractivity contribution in [1.29, 1.82) is 0 Å². The van der Waals surface area contributed by atoms with Crippen molar-refractivity contribution in [3.8, 4) is 5.88 Å². The van der Waals surface area contributed by atoms with E-state index in [1.54, 1.807) is 0 Å². The maximum atomic E-state index is 10.1. The molecule has 0 atom stereocenters. The van der Waals surface area contributed by atoms with E-state index in [-0.39, 0.29) is 6.61 Å². The molecule has 0 saturated carbocycles. The zero-order chi connectivity index (χ0) is 18.2. The van der Waals surface area contributed by atoms with Crippen LogP contribution in [-0.2, 0) is 11.3 Å². The second kappa shape index (κ2) is 14.6. The van der Waals surface area contributed by atoms with E-state index in [1.807, 2.05) is 12.1 Å². The zero-order valence-corrected chi connectivity index (χ0v) is 15.0. The standard InChI is InChI=1S/C15H23N3O2.C3H9NO/c19-13-16-8-5-11-20-15-7-4-6-14(17-15)12-18-9-2-1-3-10-18;4-2-1-3-5/h4,6-7,13H,1-3,5,8-12H2,(H,16,19);5H,1-4H2. The molecule has 1 aromatic rings. The van der Waals surface area contributed by atoms with Gasteiger partial charge in [-0.1, -0.05) is 12.5 Å². The fraction of sp³-hybridized carbons (Fsp3) is 0.667. The van der Waals surface area contributed by atoms with Crippen LogP contribution in [0, 0.1) is 0 Å². The van der Waals surface area contributed by atoms with Crippen LogP contribution in [0.3, 0.4) is 0 Å². The number of nitrogens with one attached hydrogen (secondary N) is 1. The molecule has 1 amide bonds. The first-order valence-corrected chi connectivity index (χ1v) is 9.09. The number of amides is 1. The Hall–Kier alpha value is -1.70. The van der Waals surface area contributed by atoms with E-state index in [9.17, 15) is 4.79 Å². The van der Waals surface area contributed by atoms with Gasteiger partial charge in [-0.3, -0.25) is 9.69 Å². The minimum Gasteiger partial charge on any atom is -0.478 e. The summed E-state index contributed by atoms with van der Waals surface area (Å²) in [6.07, 6.45) is 6.15. The monoisotopic (exact) mass is 352 g/mol. The lowest BCUT2D eigenvalue weighted by atomic mass is 10.1. The van der Waals surface area contributed by atoms with Crippen LogP contribution in [0.5, 0.6) is 5.88 Å². The Bertz CT molecular complexity index is 452. The Morgan fingerprint density at radius 3 is 2.72 bits per heavy atom. The predicted octanol–water partition coefficient (Wildman–Crippen LogP) is 0.910.